The van der Waals surface area contributed by atoms with E-state index in [0.29, 0.717) is 6.04 Å². The van der Waals surface area contributed by atoms with Crippen LogP contribution in [0.4, 0.5) is 11.4 Å². The van der Waals surface area contributed by atoms with Gasteiger partial charge in [0.1, 0.15) is 5.75 Å². The SMILES string of the molecule is Nc1ccc2c(c1)OCCC1CN(Cc3ccccc3)CCN21. The first-order valence-corrected chi connectivity index (χ1v) is 8.35. The number of hydrogen-bond donors (Lipinski definition) is 1. The second-order valence-corrected chi connectivity index (χ2v) is 6.43. The zero-order chi connectivity index (χ0) is 15.6. The maximum atomic E-state index is 5.93. The van der Waals surface area contributed by atoms with Gasteiger partial charge in [-0.3, -0.25) is 4.90 Å². The summed E-state index contributed by atoms with van der Waals surface area (Å²) in [4.78, 5) is 5.06. The highest BCUT2D eigenvalue weighted by Crippen LogP contribution is 2.36. The minimum absolute atomic E-state index is 0.511. The zero-order valence-corrected chi connectivity index (χ0v) is 13.3. The lowest BCUT2D eigenvalue weighted by molar-refractivity contribution is 0.202. The number of anilines is 2. The molecule has 0 bridgehead atoms. The normalized spacial score (nSPS) is 21.0. The number of rotatable bonds is 2. The average molecular weight is 309 g/mol. The Morgan fingerprint density at radius 3 is 2.83 bits per heavy atom. The number of fused-ring (bicyclic) bond motifs is 3. The Morgan fingerprint density at radius 1 is 1.09 bits per heavy atom. The molecule has 23 heavy (non-hydrogen) atoms. The molecule has 0 saturated carbocycles. The Kier molecular flexibility index (Phi) is 3.83. The first-order chi connectivity index (χ1) is 11.3. The quantitative estimate of drug-likeness (QED) is 0.866. The predicted octanol–water partition coefficient (Wildman–Crippen LogP) is 2.74. The van der Waals surface area contributed by atoms with Gasteiger partial charge in [-0.15, -0.1) is 0 Å². The molecule has 1 unspecified atom stereocenters. The highest BCUT2D eigenvalue weighted by atomic mass is 16.5. The molecule has 2 N–H and O–H groups in total. The molecule has 0 amide bonds. The van der Waals surface area contributed by atoms with Gasteiger partial charge in [-0.05, 0) is 17.7 Å². The number of benzene rings is 2. The molecule has 4 nitrogen and oxygen atoms in total. The van der Waals surface area contributed by atoms with Crippen molar-refractivity contribution in [1.82, 2.24) is 4.90 Å². The second-order valence-electron chi connectivity index (χ2n) is 6.43. The van der Waals surface area contributed by atoms with Crippen LogP contribution in [0.15, 0.2) is 48.5 Å². The zero-order valence-electron chi connectivity index (χ0n) is 13.3. The molecule has 2 aliphatic rings. The Bertz CT molecular complexity index is 674. The van der Waals surface area contributed by atoms with Crippen LogP contribution in [0.3, 0.4) is 0 Å². The molecule has 1 fully saturated rings. The van der Waals surface area contributed by atoms with E-state index in [1.165, 1.54) is 11.3 Å². The van der Waals surface area contributed by atoms with Crippen molar-refractivity contribution in [2.24, 2.45) is 0 Å². The Hall–Kier alpha value is -2.20. The van der Waals surface area contributed by atoms with Crippen LogP contribution in [0.1, 0.15) is 12.0 Å². The van der Waals surface area contributed by atoms with E-state index in [9.17, 15) is 0 Å². The van der Waals surface area contributed by atoms with Crippen LogP contribution in [0.2, 0.25) is 0 Å². The van der Waals surface area contributed by atoms with Gasteiger partial charge in [0.2, 0.25) is 0 Å². The molecule has 0 aromatic heterocycles. The summed E-state index contributed by atoms with van der Waals surface area (Å²) in [6.07, 6.45) is 1.06. The largest absolute Gasteiger partial charge is 0.491 e. The molecule has 0 radical (unpaired) electrons. The molecule has 4 heteroatoms. The summed E-state index contributed by atoms with van der Waals surface area (Å²) in [5.74, 6) is 0.934. The monoisotopic (exact) mass is 309 g/mol. The summed E-state index contributed by atoms with van der Waals surface area (Å²) in [5.41, 5.74) is 9.25. The van der Waals surface area contributed by atoms with Gasteiger partial charge in [0.25, 0.3) is 0 Å². The van der Waals surface area contributed by atoms with Crippen LogP contribution in [0.25, 0.3) is 0 Å². The van der Waals surface area contributed by atoms with E-state index in [2.05, 4.69) is 46.2 Å². The lowest BCUT2D eigenvalue weighted by Crippen LogP contribution is -2.52. The molecule has 1 saturated heterocycles. The van der Waals surface area contributed by atoms with Crippen molar-refractivity contribution in [1.29, 1.82) is 0 Å². The van der Waals surface area contributed by atoms with Crippen molar-refractivity contribution in [3.8, 4) is 5.75 Å². The van der Waals surface area contributed by atoms with Crippen LogP contribution >= 0.6 is 0 Å². The number of ether oxygens (including phenoxy) is 1. The van der Waals surface area contributed by atoms with Crippen molar-refractivity contribution in [2.45, 2.75) is 19.0 Å². The smallest absolute Gasteiger partial charge is 0.144 e. The first-order valence-electron chi connectivity index (χ1n) is 8.35. The lowest BCUT2D eigenvalue weighted by atomic mass is 10.1. The molecule has 4 rings (SSSR count). The Morgan fingerprint density at radius 2 is 1.96 bits per heavy atom. The van der Waals surface area contributed by atoms with Gasteiger partial charge in [-0.2, -0.15) is 0 Å². The van der Waals surface area contributed by atoms with E-state index < -0.39 is 0 Å². The van der Waals surface area contributed by atoms with E-state index in [4.69, 9.17) is 10.5 Å². The van der Waals surface area contributed by atoms with Crippen LogP contribution in [0, 0.1) is 0 Å². The number of hydrogen-bond acceptors (Lipinski definition) is 4. The van der Waals surface area contributed by atoms with Gasteiger partial charge in [0, 0.05) is 50.4 Å². The fourth-order valence-corrected chi connectivity index (χ4v) is 3.66. The minimum Gasteiger partial charge on any atom is -0.491 e. The molecular formula is C19H23N3O. The van der Waals surface area contributed by atoms with Crippen LogP contribution in [-0.2, 0) is 6.54 Å². The predicted molar refractivity (Wildman–Crippen MR) is 93.8 cm³/mol. The summed E-state index contributed by atoms with van der Waals surface area (Å²) < 4.78 is 5.93. The number of nitrogens with two attached hydrogens (primary N) is 1. The van der Waals surface area contributed by atoms with Crippen molar-refractivity contribution in [3.05, 3.63) is 54.1 Å². The fourth-order valence-electron chi connectivity index (χ4n) is 3.66. The van der Waals surface area contributed by atoms with Crippen LogP contribution < -0.4 is 15.4 Å². The van der Waals surface area contributed by atoms with E-state index in [0.717, 1.165) is 50.6 Å². The molecule has 1 atom stereocenters. The van der Waals surface area contributed by atoms with Crippen molar-refractivity contribution in [2.75, 3.05) is 36.9 Å². The molecule has 2 aromatic carbocycles. The molecule has 2 heterocycles. The van der Waals surface area contributed by atoms with Gasteiger partial charge in [0.15, 0.2) is 0 Å². The third-order valence-corrected chi connectivity index (χ3v) is 4.82. The summed E-state index contributed by atoms with van der Waals surface area (Å²) in [5, 5.41) is 0. The van der Waals surface area contributed by atoms with E-state index in [1.54, 1.807) is 0 Å². The van der Waals surface area contributed by atoms with Crippen molar-refractivity contribution in [3.63, 3.8) is 0 Å². The van der Waals surface area contributed by atoms with Crippen LogP contribution in [-0.4, -0.2) is 37.2 Å². The highest BCUT2D eigenvalue weighted by molar-refractivity contribution is 5.65. The number of piperazine rings is 1. The summed E-state index contributed by atoms with van der Waals surface area (Å²) in [6, 6.07) is 17.3. The van der Waals surface area contributed by atoms with Crippen molar-refractivity contribution < 1.29 is 4.74 Å². The summed E-state index contributed by atoms with van der Waals surface area (Å²) in [6.45, 7) is 4.99. The maximum Gasteiger partial charge on any atom is 0.144 e. The van der Waals surface area contributed by atoms with E-state index in [-0.39, 0.29) is 0 Å². The third kappa shape index (κ3) is 2.99. The second kappa shape index (κ2) is 6.13. The van der Waals surface area contributed by atoms with Gasteiger partial charge in [0.05, 0.1) is 12.3 Å². The van der Waals surface area contributed by atoms with Crippen LogP contribution in [0.5, 0.6) is 5.75 Å². The molecule has 0 spiro atoms. The highest BCUT2D eigenvalue weighted by Gasteiger charge is 2.30. The Labute approximate surface area is 137 Å². The topological polar surface area (TPSA) is 41.7 Å². The molecule has 2 aromatic rings. The minimum atomic E-state index is 0.511. The average Bonchev–Trinajstić information content (AvgIpc) is 2.74. The standard InChI is InChI=1S/C19H23N3O/c20-16-6-7-18-19(12-16)23-11-8-17-14-21(9-10-22(17)18)13-15-4-2-1-3-5-15/h1-7,12,17H,8-11,13-14,20H2. The lowest BCUT2D eigenvalue weighted by Gasteiger charge is -2.42. The van der Waals surface area contributed by atoms with E-state index >= 15 is 0 Å². The first kappa shape index (κ1) is 14.4. The van der Waals surface area contributed by atoms with Crippen molar-refractivity contribution >= 4 is 11.4 Å². The molecular weight excluding hydrogens is 286 g/mol. The maximum absolute atomic E-state index is 5.93. The fraction of sp³-hybridized carbons (Fsp3) is 0.368. The summed E-state index contributed by atoms with van der Waals surface area (Å²) in [7, 11) is 0. The number of nitrogens with zero attached hydrogens (tertiary/aromatic N) is 2. The molecule has 2 aliphatic heterocycles. The van der Waals surface area contributed by atoms with Gasteiger partial charge < -0.3 is 15.4 Å². The van der Waals surface area contributed by atoms with Gasteiger partial charge >= 0.3 is 0 Å². The third-order valence-electron chi connectivity index (χ3n) is 4.82. The Balaban J connectivity index is 1.51. The molecule has 120 valence electrons. The van der Waals surface area contributed by atoms with E-state index in [1.807, 2.05) is 12.1 Å². The van der Waals surface area contributed by atoms with Gasteiger partial charge in [-0.1, -0.05) is 30.3 Å². The number of nitrogen functional groups attached to an aromatic ring is 1. The van der Waals surface area contributed by atoms with Gasteiger partial charge in [-0.25, -0.2) is 0 Å². The summed E-state index contributed by atoms with van der Waals surface area (Å²) >= 11 is 0. The molecule has 0 aliphatic carbocycles.